The number of nitrogens with zero attached hydrogens (tertiary/aromatic N) is 4. The van der Waals surface area contributed by atoms with Crippen LogP contribution in [0, 0.1) is 5.92 Å². The summed E-state index contributed by atoms with van der Waals surface area (Å²) in [5.41, 5.74) is 0. The Kier molecular flexibility index (Phi) is 5.74. The molecule has 1 unspecified atom stereocenters. The average Bonchev–Trinajstić information content (AvgIpc) is 2.88. The standard InChI is InChI=1S/C16H26FN5O/c1-11(2)12(3)20-16(23)21(4)9-14-7-13(17)8-22(14)15-5-6-18-10-19-15/h5-6,10-14H,7-9H2,1-4H3,(H,20,23)/t12?,13-,14-/m0/s1. The molecule has 6 nitrogen and oxygen atoms in total. The molecule has 1 N–H and O–H groups in total. The van der Waals surface area contributed by atoms with Crippen LogP contribution < -0.4 is 10.2 Å². The van der Waals surface area contributed by atoms with Crippen LogP contribution in [0.1, 0.15) is 27.2 Å². The Balaban J connectivity index is 1.98. The molecular weight excluding hydrogens is 297 g/mol. The number of anilines is 1. The molecule has 0 bridgehead atoms. The van der Waals surface area contributed by atoms with Crippen LogP contribution in [0.25, 0.3) is 0 Å². The Bertz CT molecular complexity index is 512. The molecule has 128 valence electrons. The Morgan fingerprint density at radius 1 is 1.52 bits per heavy atom. The summed E-state index contributed by atoms with van der Waals surface area (Å²) in [4.78, 5) is 23.9. The molecular formula is C16H26FN5O. The molecule has 1 aliphatic heterocycles. The van der Waals surface area contributed by atoms with Crippen LogP contribution in [0.3, 0.4) is 0 Å². The topological polar surface area (TPSA) is 61.4 Å². The van der Waals surface area contributed by atoms with Gasteiger partial charge in [0.15, 0.2) is 0 Å². The third kappa shape index (κ3) is 4.53. The normalized spacial score (nSPS) is 22.3. The predicted molar refractivity (Wildman–Crippen MR) is 88.1 cm³/mol. The van der Waals surface area contributed by atoms with Crippen LogP contribution in [-0.2, 0) is 0 Å². The van der Waals surface area contributed by atoms with Crippen LogP contribution in [0.15, 0.2) is 18.6 Å². The second-order valence-electron chi connectivity index (χ2n) is 6.57. The van der Waals surface area contributed by atoms with E-state index in [-0.39, 0.29) is 18.1 Å². The van der Waals surface area contributed by atoms with Crippen LogP contribution in [0.4, 0.5) is 15.0 Å². The van der Waals surface area contributed by atoms with Crippen LogP contribution in [0.2, 0.25) is 0 Å². The quantitative estimate of drug-likeness (QED) is 0.901. The number of halogens is 1. The molecule has 7 heteroatoms. The van der Waals surface area contributed by atoms with Gasteiger partial charge < -0.3 is 15.1 Å². The van der Waals surface area contributed by atoms with Gasteiger partial charge in [-0.15, -0.1) is 0 Å². The third-order valence-electron chi connectivity index (χ3n) is 4.41. The summed E-state index contributed by atoms with van der Waals surface area (Å²) in [7, 11) is 1.74. The molecule has 2 amide bonds. The Labute approximate surface area is 137 Å². The first-order valence-corrected chi connectivity index (χ1v) is 8.06. The zero-order valence-corrected chi connectivity index (χ0v) is 14.2. The number of aromatic nitrogens is 2. The molecule has 2 rings (SSSR count). The highest BCUT2D eigenvalue weighted by atomic mass is 19.1. The minimum Gasteiger partial charge on any atom is -0.349 e. The van der Waals surface area contributed by atoms with Gasteiger partial charge in [-0.3, -0.25) is 0 Å². The van der Waals surface area contributed by atoms with Crippen LogP contribution in [-0.4, -0.2) is 59.3 Å². The van der Waals surface area contributed by atoms with E-state index in [1.165, 1.54) is 6.33 Å². The lowest BCUT2D eigenvalue weighted by Gasteiger charge is -2.30. The molecule has 1 fully saturated rings. The summed E-state index contributed by atoms with van der Waals surface area (Å²) in [5.74, 6) is 1.07. The third-order valence-corrected chi connectivity index (χ3v) is 4.41. The minimum absolute atomic E-state index is 0.0787. The molecule has 0 radical (unpaired) electrons. The first-order valence-electron chi connectivity index (χ1n) is 8.06. The number of likely N-dealkylation sites (N-methyl/N-ethyl adjacent to an activating group) is 1. The van der Waals surface area contributed by atoms with E-state index in [1.807, 2.05) is 11.8 Å². The molecule has 1 aromatic heterocycles. The lowest BCUT2D eigenvalue weighted by atomic mass is 10.1. The monoisotopic (exact) mass is 323 g/mol. The molecule has 0 saturated carbocycles. The van der Waals surface area contributed by atoms with Crippen molar-refractivity contribution in [2.45, 2.75) is 45.4 Å². The van der Waals surface area contributed by atoms with E-state index in [9.17, 15) is 9.18 Å². The summed E-state index contributed by atoms with van der Waals surface area (Å²) in [5, 5.41) is 2.97. The van der Waals surface area contributed by atoms with E-state index < -0.39 is 6.17 Å². The van der Waals surface area contributed by atoms with Crippen molar-refractivity contribution in [3.8, 4) is 0 Å². The van der Waals surface area contributed by atoms with Crippen molar-refractivity contribution in [3.63, 3.8) is 0 Å². The van der Waals surface area contributed by atoms with Gasteiger partial charge in [0, 0.05) is 32.3 Å². The number of carbonyl (C=O) groups excluding carboxylic acids is 1. The maximum absolute atomic E-state index is 13.9. The molecule has 2 heterocycles. The van der Waals surface area contributed by atoms with Crippen molar-refractivity contribution in [1.29, 1.82) is 0 Å². The highest BCUT2D eigenvalue weighted by Gasteiger charge is 2.34. The van der Waals surface area contributed by atoms with E-state index >= 15 is 0 Å². The number of alkyl halides is 1. The molecule has 1 aromatic rings. The summed E-state index contributed by atoms with van der Waals surface area (Å²) in [6, 6.07) is 1.66. The summed E-state index contributed by atoms with van der Waals surface area (Å²) < 4.78 is 13.9. The molecule has 0 spiro atoms. The highest BCUT2D eigenvalue weighted by Crippen LogP contribution is 2.25. The van der Waals surface area contributed by atoms with E-state index in [0.717, 1.165) is 0 Å². The fourth-order valence-electron chi connectivity index (χ4n) is 2.64. The first-order chi connectivity index (χ1) is 10.9. The second-order valence-corrected chi connectivity index (χ2v) is 6.57. The number of hydrogen-bond acceptors (Lipinski definition) is 4. The van der Waals surface area contributed by atoms with E-state index in [1.54, 1.807) is 24.2 Å². The van der Waals surface area contributed by atoms with Gasteiger partial charge in [0.2, 0.25) is 0 Å². The van der Waals surface area contributed by atoms with E-state index in [2.05, 4.69) is 29.1 Å². The number of carbonyl (C=O) groups is 1. The predicted octanol–water partition coefficient (Wildman–Crippen LogP) is 2.08. The van der Waals surface area contributed by atoms with Gasteiger partial charge in [-0.1, -0.05) is 13.8 Å². The summed E-state index contributed by atoms with van der Waals surface area (Å²) >= 11 is 0. The fraction of sp³-hybridized carbons (Fsp3) is 0.688. The summed E-state index contributed by atoms with van der Waals surface area (Å²) in [6.07, 6.45) is 2.60. The summed E-state index contributed by atoms with van der Waals surface area (Å²) in [6.45, 7) is 6.87. The molecule has 23 heavy (non-hydrogen) atoms. The van der Waals surface area contributed by atoms with Crippen LogP contribution >= 0.6 is 0 Å². The molecule has 0 aliphatic carbocycles. The van der Waals surface area contributed by atoms with Gasteiger partial charge in [-0.2, -0.15) is 0 Å². The lowest BCUT2D eigenvalue weighted by Crippen LogP contribution is -2.48. The van der Waals surface area contributed by atoms with E-state index in [0.29, 0.717) is 31.2 Å². The number of nitrogens with one attached hydrogen (secondary N) is 1. The maximum Gasteiger partial charge on any atom is 0.317 e. The highest BCUT2D eigenvalue weighted by molar-refractivity contribution is 5.74. The van der Waals surface area contributed by atoms with Gasteiger partial charge in [0.1, 0.15) is 18.3 Å². The Morgan fingerprint density at radius 2 is 2.26 bits per heavy atom. The first kappa shape index (κ1) is 17.4. The second kappa shape index (κ2) is 7.57. The van der Waals surface area contributed by atoms with Crippen molar-refractivity contribution in [3.05, 3.63) is 18.6 Å². The minimum atomic E-state index is -0.902. The van der Waals surface area contributed by atoms with Gasteiger partial charge in [-0.25, -0.2) is 19.2 Å². The number of rotatable bonds is 5. The zero-order valence-electron chi connectivity index (χ0n) is 14.2. The van der Waals surface area contributed by atoms with E-state index in [4.69, 9.17) is 0 Å². The van der Waals surface area contributed by atoms with Gasteiger partial charge in [0.25, 0.3) is 0 Å². The maximum atomic E-state index is 13.9. The number of amides is 2. The number of hydrogen-bond donors (Lipinski definition) is 1. The lowest BCUT2D eigenvalue weighted by molar-refractivity contribution is 0.198. The molecule has 1 aliphatic rings. The van der Waals surface area contributed by atoms with Crippen molar-refractivity contribution in [2.75, 3.05) is 25.0 Å². The van der Waals surface area contributed by atoms with Crippen molar-refractivity contribution < 1.29 is 9.18 Å². The molecule has 1 saturated heterocycles. The number of urea groups is 1. The van der Waals surface area contributed by atoms with Crippen LogP contribution in [0.5, 0.6) is 0 Å². The SMILES string of the molecule is CC(C)C(C)NC(=O)N(C)C[C@@H]1C[C@H](F)CN1c1ccncn1. The van der Waals surface area contributed by atoms with Gasteiger partial charge >= 0.3 is 6.03 Å². The Morgan fingerprint density at radius 3 is 2.87 bits per heavy atom. The fourth-order valence-corrected chi connectivity index (χ4v) is 2.64. The molecule has 0 aromatic carbocycles. The van der Waals surface area contributed by atoms with Gasteiger partial charge in [0.05, 0.1) is 12.6 Å². The van der Waals surface area contributed by atoms with Crippen molar-refractivity contribution >= 4 is 11.8 Å². The average molecular weight is 323 g/mol. The smallest absolute Gasteiger partial charge is 0.317 e. The molecule has 3 atom stereocenters. The van der Waals surface area contributed by atoms with Crippen molar-refractivity contribution in [1.82, 2.24) is 20.2 Å². The largest absolute Gasteiger partial charge is 0.349 e. The zero-order chi connectivity index (χ0) is 17.0. The van der Waals surface area contributed by atoms with Gasteiger partial charge in [-0.05, 0) is 18.9 Å². The Hall–Kier alpha value is -1.92. The van der Waals surface area contributed by atoms with Crippen molar-refractivity contribution in [2.24, 2.45) is 5.92 Å².